The van der Waals surface area contributed by atoms with Crippen LogP contribution in [-0.2, 0) is 10.0 Å². The Kier molecular flexibility index (Phi) is 5.94. The number of carbonyl (C=O) groups is 1. The Morgan fingerprint density at radius 3 is 2.25 bits per heavy atom. The van der Waals surface area contributed by atoms with E-state index < -0.39 is 10.0 Å². The molecule has 2 aromatic rings. The van der Waals surface area contributed by atoms with Gasteiger partial charge in [-0.3, -0.25) is 0 Å². The molecule has 0 aromatic heterocycles. The van der Waals surface area contributed by atoms with Gasteiger partial charge in [0, 0.05) is 18.2 Å². The maximum absolute atomic E-state index is 12.0. The van der Waals surface area contributed by atoms with Gasteiger partial charge in [0.2, 0.25) is 10.0 Å². The first-order valence-electron chi connectivity index (χ1n) is 7.63. The first kappa shape index (κ1) is 18.0. The highest BCUT2D eigenvalue weighted by Crippen LogP contribution is 2.18. The quantitative estimate of drug-likeness (QED) is 0.748. The molecule has 1 atom stereocenters. The molecule has 0 spiro atoms. The lowest BCUT2D eigenvalue weighted by atomic mass is 9.97. The largest absolute Gasteiger partial charge is 0.337 e. The van der Waals surface area contributed by atoms with Gasteiger partial charge in [0.05, 0.1) is 4.90 Å². The van der Waals surface area contributed by atoms with E-state index in [1.807, 2.05) is 30.3 Å². The van der Waals surface area contributed by atoms with Gasteiger partial charge >= 0.3 is 6.03 Å². The maximum Gasteiger partial charge on any atom is 0.319 e. The van der Waals surface area contributed by atoms with Crippen molar-refractivity contribution in [1.82, 2.24) is 5.32 Å². The first-order chi connectivity index (χ1) is 11.4. The summed E-state index contributed by atoms with van der Waals surface area (Å²) in [6, 6.07) is 15.3. The molecule has 4 N–H and O–H groups in total. The van der Waals surface area contributed by atoms with Crippen LogP contribution in [0.3, 0.4) is 0 Å². The number of hydrogen-bond acceptors (Lipinski definition) is 3. The second-order valence-corrected chi connectivity index (χ2v) is 6.98. The molecule has 6 nitrogen and oxygen atoms in total. The molecule has 0 fully saturated rings. The second-order valence-electron chi connectivity index (χ2n) is 5.42. The SMILES string of the molecule is CCC(CNC(=O)Nc1ccc(S(N)(=O)=O)cc1)c1ccccc1. The summed E-state index contributed by atoms with van der Waals surface area (Å²) in [5.74, 6) is 0.238. The van der Waals surface area contributed by atoms with Crippen LogP contribution in [0, 0.1) is 0 Å². The number of nitrogens with one attached hydrogen (secondary N) is 2. The van der Waals surface area contributed by atoms with E-state index in [2.05, 4.69) is 17.6 Å². The molecule has 2 aromatic carbocycles. The van der Waals surface area contributed by atoms with E-state index in [0.717, 1.165) is 6.42 Å². The molecular formula is C17H21N3O3S. The van der Waals surface area contributed by atoms with Crippen LogP contribution in [0.1, 0.15) is 24.8 Å². The Morgan fingerprint density at radius 2 is 1.71 bits per heavy atom. The number of anilines is 1. The predicted octanol–water partition coefficient (Wildman–Crippen LogP) is 2.65. The lowest BCUT2D eigenvalue weighted by Gasteiger charge is -2.16. The summed E-state index contributed by atoms with van der Waals surface area (Å²) in [6.45, 7) is 2.59. The molecule has 0 radical (unpaired) electrons. The monoisotopic (exact) mass is 347 g/mol. The van der Waals surface area contributed by atoms with E-state index in [4.69, 9.17) is 5.14 Å². The summed E-state index contributed by atoms with van der Waals surface area (Å²) in [5.41, 5.74) is 1.67. The molecule has 7 heteroatoms. The minimum Gasteiger partial charge on any atom is -0.337 e. The maximum atomic E-state index is 12.0. The zero-order valence-electron chi connectivity index (χ0n) is 13.4. The molecule has 0 saturated heterocycles. The summed E-state index contributed by atoms with van der Waals surface area (Å²) in [6.07, 6.45) is 0.910. The average molecular weight is 347 g/mol. The van der Waals surface area contributed by atoms with Crippen molar-refractivity contribution in [2.75, 3.05) is 11.9 Å². The van der Waals surface area contributed by atoms with Gasteiger partial charge in [0.1, 0.15) is 0 Å². The molecule has 0 aliphatic rings. The van der Waals surface area contributed by atoms with Gasteiger partial charge < -0.3 is 10.6 Å². The number of primary sulfonamides is 1. The van der Waals surface area contributed by atoms with E-state index in [-0.39, 0.29) is 16.8 Å². The van der Waals surface area contributed by atoms with Crippen LogP contribution in [0.2, 0.25) is 0 Å². The van der Waals surface area contributed by atoms with Crippen LogP contribution in [0.4, 0.5) is 10.5 Å². The molecule has 24 heavy (non-hydrogen) atoms. The Balaban J connectivity index is 1.91. The van der Waals surface area contributed by atoms with Gasteiger partial charge in [-0.2, -0.15) is 0 Å². The van der Waals surface area contributed by atoms with Crippen LogP contribution in [0.5, 0.6) is 0 Å². The number of hydrogen-bond donors (Lipinski definition) is 3. The highest BCUT2D eigenvalue weighted by molar-refractivity contribution is 7.89. The van der Waals surface area contributed by atoms with Gasteiger partial charge in [-0.1, -0.05) is 37.3 Å². The van der Waals surface area contributed by atoms with E-state index >= 15 is 0 Å². The van der Waals surface area contributed by atoms with Crippen molar-refractivity contribution in [3.8, 4) is 0 Å². The fraction of sp³-hybridized carbons (Fsp3) is 0.235. The van der Waals surface area contributed by atoms with Crippen LogP contribution in [0.25, 0.3) is 0 Å². The zero-order chi connectivity index (χ0) is 17.6. The van der Waals surface area contributed by atoms with Crippen molar-refractivity contribution in [2.45, 2.75) is 24.2 Å². The fourth-order valence-electron chi connectivity index (χ4n) is 2.34. The first-order valence-corrected chi connectivity index (χ1v) is 9.17. The van der Waals surface area contributed by atoms with Crippen LogP contribution in [-0.4, -0.2) is 21.0 Å². The number of nitrogens with two attached hydrogens (primary N) is 1. The molecular weight excluding hydrogens is 326 g/mol. The molecule has 0 saturated carbocycles. The lowest BCUT2D eigenvalue weighted by Crippen LogP contribution is -2.32. The van der Waals surface area contributed by atoms with Crippen LogP contribution in [0.15, 0.2) is 59.5 Å². The van der Waals surface area contributed by atoms with Crippen molar-refractivity contribution in [1.29, 1.82) is 0 Å². The standard InChI is InChI=1S/C17H21N3O3S/c1-2-13(14-6-4-3-5-7-14)12-19-17(21)20-15-8-10-16(11-9-15)24(18,22)23/h3-11,13H,2,12H2,1H3,(H2,18,22,23)(H2,19,20,21). The topological polar surface area (TPSA) is 101 Å². The van der Waals surface area contributed by atoms with Gasteiger partial charge in [-0.25, -0.2) is 18.4 Å². The molecule has 2 amide bonds. The third kappa shape index (κ3) is 5.07. The zero-order valence-corrected chi connectivity index (χ0v) is 14.2. The van der Waals surface area contributed by atoms with Crippen molar-refractivity contribution < 1.29 is 13.2 Å². The Morgan fingerprint density at radius 1 is 1.08 bits per heavy atom. The van der Waals surface area contributed by atoms with Gasteiger partial charge in [-0.15, -0.1) is 0 Å². The van der Waals surface area contributed by atoms with Crippen LogP contribution < -0.4 is 15.8 Å². The van der Waals surface area contributed by atoms with E-state index in [9.17, 15) is 13.2 Å². The molecule has 2 rings (SSSR count). The molecule has 128 valence electrons. The molecule has 0 heterocycles. The number of sulfonamides is 1. The van der Waals surface area contributed by atoms with Crippen LogP contribution >= 0.6 is 0 Å². The summed E-state index contributed by atoms with van der Waals surface area (Å²) in [4.78, 5) is 12.0. The van der Waals surface area contributed by atoms with E-state index in [1.54, 1.807) is 0 Å². The highest BCUT2D eigenvalue weighted by atomic mass is 32.2. The Labute approximate surface area is 142 Å². The lowest BCUT2D eigenvalue weighted by molar-refractivity contribution is 0.251. The highest BCUT2D eigenvalue weighted by Gasteiger charge is 2.11. The summed E-state index contributed by atoms with van der Waals surface area (Å²) >= 11 is 0. The summed E-state index contributed by atoms with van der Waals surface area (Å²) in [5, 5.41) is 10.5. The number of benzene rings is 2. The minimum absolute atomic E-state index is 0.00332. The van der Waals surface area contributed by atoms with Gasteiger partial charge in [-0.05, 0) is 36.2 Å². The number of rotatable bonds is 6. The third-order valence-electron chi connectivity index (χ3n) is 3.71. The molecule has 1 unspecified atom stereocenters. The number of urea groups is 1. The van der Waals surface area contributed by atoms with Crippen molar-refractivity contribution in [3.63, 3.8) is 0 Å². The molecule has 0 aliphatic carbocycles. The second kappa shape index (κ2) is 7.94. The molecule has 0 aliphatic heterocycles. The van der Waals surface area contributed by atoms with Gasteiger partial charge in [0.15, 0.2) is 0 Å². The van der Waals surface area contributed by atoms with E-state index in [1.165, 1.54) is 29.8 Å². The minimum atomic E-state index is -3.73. The predicted molar refractivity (Wildman–Crippen MR) is 94.3 cm³/mol. The number of carbonyl (C=O) groups excluding carboxylic acids is 1. The van der Waals surface area contributed by atoms with Crippen molar-refractivity contribution >= 4 is 21.7 Å². The van der Waals surface area contributed by atoms with Gasteiger partial charge in [0.25, 0.3) is 0 Å². The van der Waals surface area contributed by atoms with E-state index in [0.29, 0.717) is 12.2 Å². The molecule has 0 bridgehead atoms. The normalized spacial score (nSPS) is 12.4. The third-order valence-corrected chi connectivity index (χ3v) is 4.64. The fourth-order valence-corrected chi connectivity index (χ4v) is 2.86. The van der Waals surface area contributed by atoms with Crippen molar-refractivity contribution in [2.24, 2.45) is 5.14 Å². The summed E-state index contributed by atoms with van der Waals surface area (Å²) in [7, 11) is -3.73. The smallest absolute Gasteiger partial charge is 0.319 e. The van der Waals surface area contributed by atoms with Crippen molar-refractivity contribution in [3.05, 3.63) is 60.2 Å². The summed E-state index contributed by atoms with van der Waals surface area (Å²) < 4.78 is 22.4. The number of amides is 2. The average Bonchev–Trinajstić information content (AvgIpc) is 2.56. The Hall–Kier alpha value is -2.38. The Bertz CT molecular complexity index is 774.